The molecule has 3 aliphatic rings. The lowest BCUT2D eigenvalue weighted by molar-refractivity contribution is -0.120. The number of hydrogen-bond donors (Lipinski definition) is 0. The van der Waals surface area contributed by atoms with Crippen molar-refractivity contribution in [1.82, 2.24) is 4.31 Å². The highest BCUT2D eigenvalue weighted by Crippen LogP contribution is 2.40. The van der Waals surface area contributed by atoms with Crippen LogP contribution in [-0.4, -0.2) is 50.9 Å². The zero-order valence-electron chi connectivity index (χ0n) is 17.5. The molecule has 6 nitrogen and oxygen atoms in total. The summed E-state index contributed by atoms with van der Waals surface area (Å²) in [5.74, 6) is 0.326. The number of carbonyl (C=O) groups is 1. The maximum atomic E-state index is 13.3. The molecule has 2 fully saturated rings. The van der Waals surface area contributed by atoms with Gasteiger partial charge in [-0.3, -0.25) is 4.79 Å². The van der Waals surface area contributed by atoms with E-state index in [1.165, 1.54) is 0 Å². The topological polar surface area (TPSA) is 60.9 Å². The molecule has 2 heterocycles. The molecule has 1 saturated carbocycles. The zero-order valence-corrected chi connectivity index (χ0v) is 19.1. The Labute approximate surface area is 188 Å². The van der Waals surface area contributed by atoms with Gasteiger partial charge in [0.1, 0.15) is 0 Å². The third kappa shape index (κ3) is 3.83. The minimum absolute atomic E-state index is 0.0716. The van der Waals surface area contributed by atoms with Gasteiger partial charge in [-0.25, -0.2) is 8.42 Å². The summed E-state index contributed by atoms with van der Waals surface area (Å²) in [5.41, 5.74) is 2.82. The van der Waals surface area contributed by atoms with Crippen LogP contribution in [0.4, 0.5) is 11.4 Å². The number of halogens is 1. The summed E-state index contributed by atoms with van der Waals surface area (Å²) in [4.78, 5) is 17.0. The third-order valence-corrected chi connectivity index (χ3v) is 8.61. The summed E-state index contributed by atoms with van der Waals surface area (Å²) in [6, 6.07) is 12.9. The fourth-order valence-corrected chi connectivity index (χ4v) is 6.30. The van der Waals surface area contributed by atoms with E-state index < -0.39 is 10.0 Å². The van der Waals surface area contributed by atoms with Gasteiger partial charge >= 0.3 is 0 Å². The van der Waals surface area contributed by atoms with Crippen LogP contribution < -0.4 is 9.80 Å². The van der Waals surface area contributed by atoms with Crippen molar-refractivity contribution < 1.29 is 13.2 Å². The third-order valence-electron chi connectivity index (χ3n) is 6.48. The molecule has 2 aromatic carbocycles. The molecule has 0 radical (unpaired) electrons. The molecule has 5 rings (SSSR count). The van der Waals surface area contributed by atoms with E-state index in [9.17, 15) is 13.2 Å². The van der Waals surface area contributed by atoms with Crippen LogP contribution in [0.25, 0.3) is 0 Å². The molecule has 0 N–H and O–H groups in total. The molecule has 0 unspecified atom stereocenters. The fraction of sp³-hybridized carbons (Fsp3) is 0.435. The minimum Gasteiger partial charge on any atom is -0.369 e. The van der Waals surface area contributed by atoms with E-state index in [0.717, 1.165) is 29.8 Å². The molecule has 1 saturated heterocycles. The Kier molecular flexibility index (Phi) is 5.23. The quantitative estimate of drug-likeness (QED) is 0.701. The molecule has 164 valence electrons. The predicted octanol–water partition coefficient (Wildman–Crippen LogP) is 3.54. The SMILES string of the molecule is C[C@H]1Cc2cc(S(=O)(=O)N3CCN(c4cccc(Cl)c4)CC3)ccc2N1C(=O)C1CC1. The molecular weight excluding hydrogens is 434 g/mol. The molecule has 1 atom stereocenters. The van der Waals surface area contributed by atoms with Gasteiger partial charge < -0.3 is 9.80 Å². The van der Waals surface area contributed by atoms with Crippen LogP contribution in [0.3, 0.4) is 0 Å². The molecule has 2 aromatic rings. The summed E-state index contributed by atoms with van der Waals surface area (Å²) in [6.45, 7) is 4.11. The summed E-state index contributed by atoms with van der Waals surface area (Å²) in [6.07, 6.45) is 2.62. The molecule has 2 aliphatic heterocycles. The number of carbonyl (C=O) groups excluding carboxylic acids is 1. The van der Waals surface area contributed by atoms with Crippen LogP contribution in [0.1, 0.15) is 25.3 Å². The maximum absolute atomic E-state index is 13.3. The summed E-state index contributed by atoms with van der Waals surface area (Å²) < 4.78 is 28.2. The lowest BCUT2D eigenvalue weighted by atomic mass is 10.1. The first-order valence-corrected chi connectivity index (χ1v) is 12.6. The molecule has 0 bridgehead atoms. The number of fused-ring (bicyclic) bond motifs is 1. The van der Waals surface area contributed by atoms with Crippen LogP contribution in [0.2, 0.25) is 5.02 Å². The average Bonchev–Trinajstić information content (AvgIpc) is 3.55. The lowest BCUT2D eigenvalue weighted by Gasteiger charge is -2.35. The Morgan fingerprint density at radius 1 is 1.03 bits per heavy atom. The summed E-state index contributed by atoms with van der Waals surface area (Å²) >= 11 is 6.09. The first-order valence-electron chi connectivity index (χ1n) is 10.8. The predicted molar refractivity (Wildman–Crippen MR) is 122 cm³/mol. The highest BCUT2D eigenvalue weighted by Gasteiger charge is 2.40. The number of anilines is 2. The van der Waals surface area contributed by atoms with Crippen molar-refractivity contribution in [2.24, 2.45) is 5.92 Å². The number of piperazine rings is 1. The Morgan fingerprint density at radius 3 is 2.45 bits per heavy atom. The minimum atomic E-state index is -3.58. The van der Waals surface area contributed by atoms with Gasteiger partial charge in [-0.05, 0) is 68.1 Å². The van der Waals surface area contributed by atoms with Crippen molar-refractivity contribution in [3.63, 3.8) is 0 Å². The van der Waals surface area contributed by atoms with E-state index in [1.807, 2.05) is 42.2 Å². The standard InChI is InChI=1S/C23H26ClN3O3S/c1-16-13-18-14-21(7-8-22(18)27(16)23(28)17-5-6-17)31(29,30)26-11-9-25(10-12-26)20-4-2-3-19(24)15-20/h2-4,7-8,14-17H,5-6,9-13H2,1H3/t16-/m0/s1. The van der Waals surface area contributed by atoms with Crippen molar-refractivity contribution in [2.75, 3.05) is 36.0 Å². The van der Waals surface area contributed by atoms with Crippen molar-refractivity contribution in [3.8, 4) is 0 Å². The van der Waals surface area contributed by atoms with Gasteiger partial charge in [0, 0.05) is 54.5 Å². The number of nitrogens with zero attached hydrogens (tertiary/aromatic N) is 3. The Hall–Kier alpha value is -2.09. The van der Waals surface area contributed by atoms with E-state index in [1.54, 1.807) is 16.4 Å². The van der Waals surface area contributed by atoms with E-state index >= 15 is 0 Å². The summed E-state index contributed by atoms with van der Waals surface area (Å²) in [7, 11) is -3.58. The second kappa shape index (κ2) is 7.80. The smallest absolute Gasteiger partial charge is 0.243 e. The molecule has 8 heteroatoms. The second-order valence-corrected chi connectivity index (χ2v) is 11.1. The largest absolute Gasteiger partial charge is 0.369 e. The molecule has 1 aliphatic carbocycles. The first kappa shape index (κ1) is 20.8. The Bertz CT molecular complexity index is 1120. The van der Waals surface area contributed by atoms with Gasteiger partial charge in [-0.1, -0.05) is 17.7 Å². The van der Waals surface area contributed by atoms with Gasteiger partial charge in [-0.2, -0.15) is 4.31 Å². The van der Waals surface area contributed by atoms with Gasteiger partial charge in [0.2, 0.25) is 15.9 Å². The number of amides is 1. The van der Waals surface area contributed by atoms with E-state index in [4.69, 9.17) is 11.6 Å². The van der Waals surface area contributed by atoms with E-state index in [2.05, 4.69) is 4.90 Å². The lowest BCUT2D eigenvalue weighted by Crippen LogP contribution is -2.48. The van der Waals surface area contributed by atoms with Crippen molar-refractivity contribution >= 4 is 38.9 Å². The number of sulfonamides is 1. The fourth-order valence-electron chi connectivity index (χ4n) is 4.64. The Morgan fingerprint density at radius 2 is 1.77 bits per heavy atom. The van der Waals surface area contributed by atoms with Crippen LogP contribution in [-0.2, 0) is 21.2 Å². The average molecular weight is 460 g/mol. The zero-order chi connectivity index (χ0) is 21.8. The van der Waals surface area contributed by atoms with Crippen molar-refractivity contribution in [3.05, 3.63) is 53.1 Å². The first-order chi connectivity index (χ1) is 14.8. The number of hydrogen-bond acceptors (Lipinski definition) is 4. The van der Waals surface area contributed by atoms with Crippen LogP contribution in [0.5, 0.6) is 0 Å². The highest BCUT2D eigenvalue weighted by atomic mass is 35.5. The van der Waals surface area contributed by atoms with Crippen molar-refractivity contribution in [2.45, 2.75) is 37.1 Å². The monoisotopic (exact) mass is 459 g/mol. The molecule has 0 spiro atoms. The van der Waals surface area contributed by atoms with Gasteiger partial charge in [-0.15, -0.1) is 0 Å². The normalized spacial score (nSPS) is 21.9. The van der Waals surface area contributed by atoms with Gasteiger partial charge in [0.05, 0.1) is 4.90 Å². The van der Waals surface area contributed by atoms with Crippen LogP contribution >= 0.6 is 11.6 Å². The van der Waals surface area contributed by atoms with Crippen LogP contribution in [0, 0.1) is 5.92 Å². The molecule has 1 amide bonds. The molecular formula is C23H26ClN3O3S. The molecule has 0 aromatic heterocycles. The molecule has 31 heavy (non-hydrogen) atoms. The van der Waals surface area contributed by atoms with Gasteiger partial charge in [0.25, 0.3) is 0 Å². The summed E-state index contributed by atoms with van der Waals surface area (Å²) in [5, 5.41) is 0.675. The van der Waals surface area contributed by atoms with Crippen LogP contribution in [0.15, 0.2) is 47.4 Å². The number of rotatable bonds is 4. The Balaban J connectivity index is 1.33. The maximum Gasteiger partial charge on any atom is 0.243 e. The number of benzene rings is 2. The van der Waals surface area contributed by atoms with Crippen molar-refractivity contribution in [1.29, 1.82) is 0 Å². The second-order valence-electron chi connectivity index (χ2n) is 8.70. The van der Waals surface area contributed by atoms with E-state index in [0.29, 0.717) is 42.5 Å². The van der Waals surface area contributed by atoms with Gasteiger partial charge in [0.15, 0.2) is 0 Å². The highest BCUT2D eigenvalue weighted by molar-refractivity contribution is 7.89. The van der Waals surface area contributed by atoms with E-state index in [-0.39, 0.29) is 17.9 Å².